The van der Waals surface area contributed by atoms with Gasteiger partial charge in [0.1, 0.15) is 5.75 Å². The first-order valence-electron chi connectivity index (χ1n) is 6.29. The Kier molecular flexibility index (Phi) is 3.62. The fourth-order valence-corrected chi connectivity index (χ4v) is 2.68. The smallest absolute Gasteiger partial charge is 0.220 e. The molecule has 0 aliphatic carbocycles. The molecule has 0 aliphatic heterocycles. The van der Waals surface area contributed by atoms with Gasteiger partial charge in [0.15, 0.2) is 0 Å². The predicted octanol–water partition coefficient (Wildman–Crippen LogP) is 3.49. The maximum absolute atomic E-state index is 5.68. The summed E-state index contributed by atoms with van der Waals surface area (Å²) in [5.74, 6) is 0.967. The summed E-state index contributed by atoms with van der Waals surface area (Å²) < 4.78 is 6.54. The Morgan fingerprint density at radius 1 is 1.24 bits per heavy atom. The number of H-pyrrole nitrogens is 1. The van der Waals surface area contributed by atoms with E-state index < -0.39 is 0 Å². The average molecular weight is 345 g/mol. The second-order valence-corrected chi connectivity index (χ2v) is 5.33. The molecule has 0 saturated carbocycles. The van der Waals surface area contributed by atoms with E-state index in [2.05, 4.69) is 30.9 Å². The molecule has 0 radical (unpaired) electrons. The number of halogens is 1. The van der Waals surface area contributed by atoms with Crippen molar-refractivity contribution in [3.63, 3.8) is 0 Å². The summed E-state index contributed by atoms with van der Waals surface area (Å²) in [4.78, 5) is 11.4. The number of nitrogens with one attached hydrogen (secondary N) is 1. The summed E-state index contributed by atoms with van der Waals surface area (Å²) in [7, 11) is 1.64. The van der Waals surface area contributed by atoms with Crippen molar-refractivity contribution >= 4 is 21.9 Å². The molecule has 5 nitrogen and oxygen atoms in total. The number of nitrogen functional groups attached to an aromatic ring is 1. The van der Waals surface area contributed by atoms with Crippen molar-refractivity contribution in [2.75, 3.05) is 12.8 Å². The topological polar surface area (TPSA) is 76.8 Å². The van der Waals surface area contributed by atoms with Gasteiger partial charge in [-0.15, -0.1) is 0 Å². The van der Waals surface area contributed by atoms with Crippen LogP contribution in [0, 0.1) is 0 Å². The van der Waals surface area contributed by atoms with Crippen LogP contribution in [0.2, 0.25) is 0 Å². The molecule has 2 heterocycles. The molecular weight excluding hydrogens is 332 g/mol. The first kappa shape index (κ1) is 13.6. The molecule has 106 valence electrons. The lowest BCUT2D eigenvalue weighted by molar-refractivity contribution is 0.417. The molecule has 6 heteroatoms. The largest absolute Gasteiger partial charge is 0.495 e. The van der Waals surface area contributed by atoms with E-state index >= 15 is 0 Å². The van der Waals surface area contributed by atoms with Gasteiger partial charge >= 0.3 is 0 Å². The van der Waals surface area contributed by atoms with E-state index in [-0.39, 0.29) is 5.95 Å². The van der Waals surface area contributed by atoms with Gasteiger partial charge in [-0.2, -0.15) is 0 Å². The van der Waals surface area contributed by atoms with Crippen LogP contribution < -0.4 is 10.5 Å². The van der Waals surface area contributed by atoms with Crippen LogP contribution in [-0.2, 0) is 0 Å². The quantitative estimate of drug-likeness (QED) is 0.762. The van der Waals surface area contributed by atoms with Crippen molar-refractivity contribution in [1.82, 2.24) is 15.0 Å². The summed E-state index contributed by atoms with van der Waals surface area (Å²) in [6, 6.07) is 9.69. The lowest BCUT2D eigenvalue weighted by Crippen LogP contribution is -1.98. The molecule has 0 spiro atoms. The zero-order chi connectivity index (χ0) is 14.8. The first-order valence-corrected chi connectivity index (χ1v) is 7.08. The van der Waals surface area contributed by atoms with Crippen LogP contribution in [-0.4, -0.2) is 22.1 Å². The van der Waals surface area contributed by atoms with E-state index in [0.29, 0.717) is 5.69 Å². The second-order valence-electron chi connectivity index (χ2n) is 4.42. The molecule has 0 fully saturated rings. The van der Waals surface area contributed by atoms with Crippen LogP contribution in [0.1, 0.15) is 0 Å². The molecule has 0 unspecified atom stereocenters. The van der Waals surface area contributed by atoms with Crippen molar-refractivity contribution < 1.29 is 4.74 Å². The third kappa shape index (κ3) is 2.62. The first-order chi connectivity index (χ1) is 10.2. The van der Waals surface area contributed by atoms with Crippen molar-refractivity contribution in [1.29, 1.82) is 0 Å². The molecule has 0 aliphatic rings. The van der Waals surface area contributed by atoms with E-state index in [9.17, 15) is 0 Å². The van der Waals surface area contributed by atoms with E-state index in [1.165, 1.54) is 0 Å². The molecule has 2 aromatic heterocycles. The average Bonchev–Trinajstić information content (AvgIpc) is 3.00. The number of aromatic amines is 1. The van der Waals surface area contributed by atoms with Gasteiger partial charge in [0.2, 0.25) is 5.95 Å². The number of anilines is 1. The number of benzene rings is 1. The highest BCUT2D eigenvalue weighted by Gasteiger charge is 2.16. The summed E-state index contributed by atoms with van der Waals surface area (Å²) in [5.41, 5.74) is 9.16. The lowest BCUT2D eigenvalue weighted by atomic mass is 10.0. The van der Waals surface area contributed by atoms with Gasteiger partial charge in [0.05, 0.1) is 12.8 Å². The summed E-state index contributed by atoms with van der Waals surface area (Å²) in [5, 5.41) is 0. The lowest BCUT2D eigenvalue weighted by Gasteiger charge is -2.13. The summed E-state index contributed by atoms with van der Waals surface area (Å²) in [6.45, 7) is 0. The third-order valence-corrected chi connectivity index (χ3v) is 3.55. The molecule has 3 N–H and O–H groups in total. The number of nitrogens with two attached hydrogens (primary N) is 1. The van der Waals surface area contributed by atoms with E-state index in [4.69, 9.17) is 10.5 Å². The molecule has 0 bridgehead atoms. The maximum Gasteiger partial charge on any atom is 0.220 e. The minimum Gasteiger partial charge on any atom is -0.495 e. The van der Waals surface area contributed by atoms with Crippen molar-refractivity contribution in [3.05, 3.63) is 47.2 Å². The maximum atomic E-state index is 5.68. The van der Waals surface area contributed by atoms with Crippen molar-refractivity contribution in [3.8, 4) is 28.3 Å². The van der Waals surface area contributed by atoms with Crippen LogP contribution in [0.25, 0.3) is 22.5 Å². The third-order valence-electron chi connectivity index (χ3n) is 3.10. The molecule has 3 aromatic rings. The zero-order valence-corrected chi connectivity index (χ0v) is 12.9. The van der Waals surface area contributed by atoms with E-state index in [0.717, 1.165) is 27.0 Å². The number of ether oxygens (including phenoxy) is 1. The summed E-state index contributed by atoms with van der Waals surface area (Å²) in [6.07, 6.45) is 3.50. The Bertz CT molecular complexity index is 771. The van der Waals surface area contributed by atoms with Gasteiger partial charge in [0.25, 0.3) is 0 Å². The van der Waals surface area contributed by atoms with Gasteiger partial charge in [-0.1, -0.05) is 15.9 Å². The Morgan fingerprint density at radius 2 is 2.05 bits per heavy atom. The number of rotatable bonds is 3. The fraction of sp³-hybridized carbons (Fsp3) is 0.0667. The number of methoxy groups -OCH3 is 1. The molecule has 0 atom stereocenters. The van der Waals surface area contributed by atoms with E-state index in [1.54, 1.807) is 19.4 Å². The fourth-order valence-electron chi connectivity index (χ4n) is 2.23. The second kappa shape index (κ2) is 5.57. The van der Waals surface area contributed by atoms with E-state index in [1.807, 2.05) is 30.5 Å². The molecule has 0 amide bonds. The van der Waals surface area contributed by atoms with Gasteiger partial charge in [-0.3, -0.25) is 0 Å². The predicted molar refractivity (Wildman–Crippen MR) is 85.9 cm³/mol. The number of nitrogens with zero attached hydrogens (tertiary/aromatic N) is 2. The molecule has 1 aromatic carbocycles. The van der Waals surface area contributed by atoms with Crippen molar-refractivity contribution in [2.24, 2.45) is 0 Å². The number of aromatic nitrogens is 3. The summed E-state index contributed by atoms with van der Waals surface area (Å²) >= 11 is 3.53. The number of hydrogen-bond acceptors (Lipinski definition) is 4. The minimum atomic E-state index is 0.232. The van der Waals surface area contributed by atoms with Crippen LogP contribution in [0.4, 0.5) is 5.95 Å². The Morgan fingerprint density at radius 3 is 2.71 bits per heavy atom. The monoisotopic (exact) mass is 344 g/mol. The standard InChI is InChI=1S/C15H13BrN4O/c1-21-14-10(12-3-2-5-18-12)7-9(16)8-11(14)13-4-6-19-15(17)20-13/h2-8,18H,1H3,(H2,17,19,20). The van der Waals surface area contributed by atoms with Gasteiger partial charge in [-0.25, -0.2) is 9.97 Å². The van der Waals surface area contributed by atoms with Crippen molar-refractivity contribution in [2.45, 2.75) is 0 Å². The van der Waals surface area contributed by atoms with Crippen LogP contribution in [0.5, 0.6) is 5.75 Å². The normalized spacial score (nSPS) is 10.6. The molecule has 3 rings (SSSR count). The Balaban J connectivity index is 2.26. The highest BCUT2D eigenvalue weighted by molar-refractivity contribution is 9.10. The van der Waals surface area contributed by atoms with Crippen LogP contribution in [0.15, 0.2) is 47.2 Å². The van der Waals surface area contributed by atoms with Gasteiger partial charge < -0.3 is 15.5 Å². The molecule has 0 saturated heterocycles. The molecule has 21 heavy (non-hydrogen) atoms. The van der Waals surface area contributed by atoms with Crippen LogP contribution in [0.3, 0.4) is 0 Å². The zero-order valence-electron chi connectivity index (χ0n) is 11.3. The highest BCUT2D eigenvalue weighted by atomic mass is 79.9. The van der Waals surface area contributed by atoms with Gasteiger partial charge in [-0.05, 0) is 30.3 Å². The Hall–Kier alpha value is -2.34. The number of hydrogen-bond donors (Lipinski definition) is 2. The SMILES string of the molecule is COc1c(-c2ccnc(N)n2)cc(Br)cc1-c1ccc[nH]1. The Labute approximate surface area is 130 Å². The van der Waals surface area contributed by atoms with Crippen LogP contribution >= 0.6 is 15.9 Å². The molecular formula is C15H13BrN4O. The van der Waals surface area contributed by atoms with Gasteiger partial charge in [0, 0.05) is 33.7 Å². The highest BCUT2D eigenvalue weighted by Crippen LogP contribution is 2.40. The minimum absolute atomic E-state index is 0.232.